The highest BCUT2D eigenvalue weighted by atomic mass is 35.5. The predicted molar refractivity (Wildman–Crippen MR) is 141 cm³/mol. The number of aliphatic carboxylic acids is 1. The molecule has 0 saturated carbocycles. The summed E-state index contributed by atoms with van der Waals surface area (Å²) in [5.41, 5.74) is 1.38. The van der Waals surface area contributed by atoms with Gasteiger partial charge in [0.2, 0.25) is 5.91 Å². The van der Waals surface area contributed by atoms with Crippen LogP contribution in [-0.4, -0.2) is 66.2 Å². The topological polar surface area (TPSA) is 98.7 Å². The Kier molecular flexibility index (Phi) is 12.4. The van der Waals surface area contributed by atoms with Crippen molar-refractivity contribution in [2.45, 2.75) is 25.1 Å². The predicted octanol–water partition coefficient (Wildman–Crippen LogP) is 5.30. The Balaban J connectivity index is 0.000000638. The van der Waals surface area contributed by atoms with Crippen molar-refractivity contribution in [3.8, 4) is 0 Å². The van der Waals surface area contributed by atoms with E-state index in [1.165, 1.54) is 6.08 Å². The van der Waals surface area contributed by atoms with Crippen LogP contribution >= 0.6 is 34.8 Å². The zero-order valence-corrected chi connectivity index (χ0v) is 22.2. The molecule has 0 spiro atoms. The number of carbonyl (C=O) groups excluding carboxylic acids is 2. The van der Waals surface area contributed by atoms with Crippen molar-refractivity contribution >= 4 is 58.7 Å². The van der Waals surface area contributed by atoms with Gasteiger partial charge in [-0.05, 0) is 54.8 Å². The van der Waals surface area contributed by atoms with E-state index in [1.807, 2.05) is 6.07 Å². The first kappa shape index (κ1) is 31.4. The maximum atomic E-state index is 12.2. The maximum Gasteiger partial charge on any atom is 0.490 e. The Hall–Kier alpha value is -2.79. The minimum atomic E-state index is -5.08. The molecule has 13 heteroatoms. The average molecular weight is 595 g/mol. The molecule has 0 bridgehead atoms. The number of nitrogens with one attached hydrogen (secondary N) is 2. The van der Waals surface area contributed by atoms with Gasteiger partial charge in [-0.2, -0.15) is 13.2 Å². The molecule has 0 unspecified atom stereocenters. The van der Waals surface area contributed by atoms with Gasteiger partial charge in [0.25, 0.3) is 5.91 Å². The summed E-state index contributed by atoms with van der Waals surface area (Å²) in [5, 5.41) is 14.6. The molecule has 1 aliphatic heterocycles. The first-order chi connectivity index (χ1) is 17.8. The lowest BCUT2D eigenvalue weighted by molar-refractivity contribution is -0.192. The summed E-state index contributed by atoms with van der Waals surface area (Å²) in [6.07, 6.45) is -0.115. The molecular formula is C25H25Cl3F3N3O4. The monoisotopic (exact) mass is 593 g/mol. The van der Waals surface area contributed by atoms with Crippen molar-refractivity contribution in [3.05, 3.63) is 74.7 Å². The van der Waals surface area contributed by atoms with Crippen LogP contribution in [0.4, 0.5) is 13.2 Å². The van der Waals surface area contributed by atoms with Gasteiger partial charge in [0.15, 0.2) is 0 Å². The van der Waals surface area contributed by atoms with Crippen LogP contribution in [-0.2, 0) is 9.59 Å². The molecule has 1 heterocycles. The summed E-state index contributed by atoms with van der Waals surface area (Å²) < 4.78 is 31.7. The lowest BCUT2D eigenvalue weighted by Gasteiger charge is -2.32. The van der Waals surface area contributed by atoms with Crippen LogP contribution in [0.3, 0.4) is 0 Å². The smallest absolute Gasteiger partial charge is 0.475 e. The summed E-state index contributed by atoms with van der Waals surface area (Å²) in [6.45, 7) is 3.07. The van der Waals surface area contributed by atoms with E-state index in [1.54, 1.807) is 42.5 Å². The number of rotatable bonds is 7. The van der Waals surface area contributed by atoms with E-state index < -0.39 is 12.1 Å². The molecule has 2 aromatic rings. The first-order valence-electron chi connectivity index (χ1n) is 11.3. The molecular weight excluding hydrogens is 570 g/mol. The summed E-state index contributed by atoms with van der Waals surface area (Å²) >= 11 is 17.8. The number of benzene rings is 2. The van der Waals surface area contributed by atoms with Crippen molar-refractivity contribution in [2.75, 3.05) is 26.2 Å². The number of halogens is 6. The summed E-state index contributed by atoms with van der Waals surface area (Å²) in [7, 11) is 0. The number of nitrogens with zero attached hydrogens (tertiary/aromatic N) is 1. The SMILES string of the molecule is O=C(/C=C/c1ccc(Cl)c(Cl)c1)NC1CCN(CCNC(=O)c2cccc(Cl)c2)CC1.O=C(O)C(F)(F)F. The molecule has 0 aliphatic carbocycles. The molecule has 0 atom stereocenters. The minimum Gasteiger partial charge on any atom is -0.475 e. The Bertz CT molecular complexity index is 1150. The number of likely N-dealkylation sites (tertiary alicyclic amines) is 1. The van der Waals surface area contributed by atoms with Gasteiger partial charge >= 0.3 is 12.1 Å². The van der Waals surface area contributed by atoms with Gasteiger partial charge in [0, 0.05) is 48.9 Å². The van der Waals surface area contributed by atoms with Crippen molar-refractivity contribution < 1.29 is 32.7 Å². The second-order valence-corrected chi connectivity index (χ2v) is 9.45. The Labute approximate surface area is 232 Å². The molecule has 2 aromatic carbocycles. The van der Waals surface area contributed by atoms with Gasteiger partial charge in [0.05, 0.1) is 10.0 Å². The van der Waals surface area contributed by atoms with Crippen LogP contribution in [0, 0.1) is 0 Å². The molecule has 206 valence electrons. The molecule has 7 nitrogen and oxygen atoms in total. The third-order valence-corrected chi connectivity index (χ3v) is 6.32. The average Bonchev–Trinajstić information content (AvgIpc) is 2.85. The molecule has 1 saturated heterocycles. The molecule has 38 heavy (non-hydrogen) atoms. The number of hydrogen-bond donors (Lipinski definition) is 3. The summed E-state index contributed by atoms with van der Waals surface area (Å²) in [5.74, 6) is -3.01. The number of carbonyl (C=O) groups is 3. The minimum absolute atomic E-state index is 0.126. The molecule has 0 radical (unpaired) electrons. The molecule has 2 amide bonds. The van der Waals surface area contributed by atoms with E-state index in [-0.39, 0.29) is 17.9 Å². The fourth-order valence-electron chi connectivity index (χ4n) is 3.40. The Morgan fingerprint density at radius 1 is 1.03 bits per heavy atom. The van der Waals surface area contributed by atoms with E-state index in [0.717, 1.165) is 38.0 Å². The third kappa shape index (κ3) is 11.3. The quantitative estimate of drug-likeness (QED) is 0.378. The Morgan fingerprint density at radius 3 is 2.26 bits per heavy atom. The largest absolute Gasteiger partial charge is 0.490 e. The van der Waals surface area contributed by atoms with E-state index in [4.69, 9.17) is 44.7 Å². The number of hydrogen-bond acceptors (Lipinski definition) is 4. The third-order valence-electron chi connectivity index (χ3n) is 5.35. The highest BCUT2D eigenvalue weighted by Gasteiger charge is 2.38. The van der Waals surface area contributed by atoms with Crippen molar-refractivity contribution in [3.63, 3.8) is 0 Å². The maximum absolute atomic E-state index is 12.2. The van der Waals surface area contributed by atoms with E-state index in [9.17, 15) is 22.8 Å². The molecule has 1 aliphatic rings. The second kappa shape index (κ2) is 15.0. The lowest BCUT2D eigenvalue weighted by atomic mass is 10.0. The van der Waals surface area contributed by atoms with Gasteiger partial charge in [-0.1, -0.05) is 46.9 Å². The summed E-state index contributed by atoms with van der Waals surface area (Å²) in [6, 6.07) is 12.3. The highest BCUT2D eigenvalue weighted by Crippen LogP contribution is 2.23. The second-order valence-electron chi connectivity index (χ2n) is 8.20. The van der Waals surface area contributed by atoms with Crippen molar-refractivity contribution in [1.29, 1.82) is 0 Å². The molecule has 3 rings (SSSR count). The van der Waals surface area contributed by atoms with Crippen LogP contribution in [0.1, 0.15) is 28.8 Å². The number of carboxylic acid groups (broad SMARTS) is 1. The number of piperidine rings is 1. The van der Waals surface area contributed by atoms with Gasteiger partial charge in [-0.15, -0.1) is 0 Å². The number of amides is 2. The van der Waals surface area contributed by atoms with Gasteiger partial charge in [-0.3, -0.25) is 9.59 Å². The van der Waals surface area contributed by atoms with Gasteiger partial charge in [-0.25, -0.2) is 4.79 Å². The van der Waals surface area contributed by atoms with Gasteiger partial charge < -0.3 is 20.6 Å². The zero-order chi connectivity index (χ0) is 28.3. The standard InChI is InChI=1S/C23H24Cl3N3O2.C2HF3O2/c24-18-3-1-2-17(15-18)23(31)27-10-13-29-11-8-19(9-12-29)28-22(30)7-5-16-4-6-20(25)21(26)14-16;3-2(4,5)1(6)7/h1-7,14-15,19H,8-13H2,(H,27,31)(H,28,30);(H,6,7)/b7-5+;. The fourth-order valence-corrected chi connectivity index (χ4v) is 3.89. The Morgan fingerprint density at radius 2 is 1.68 bits per heavy atom. The molecule has 1 fully saturated rings. The van der Waals surface area contributed by atoms with Crippen molar-refractivity contribution in [2.24, 2.45) is 0 Å². The van der Waals surface area contributed by atoms with E-state index in [0.29, 0.717) is 27.2 Å². The van der Waals surface area contributed by atoms with Crippen LogP contribution < -0.4 is 10.6 Å². The summed E-state index contributed by atoms with van der Waals surface area (Å²) in [4.78, 5) is 35.5. The highest BCUT2D eigenvalue weighted by molar-refractivity contribution is 6.42. The van der Waals surface area contributed by atoms with Crippen LogP contribution in [0.2, 0.25) is 15.1 Å². The van der Waals surface area contributed by atoms with Crippen LogP contribution in [0.5, 0.6) is 0 Å². The van der Waals surface area contributed by atoms with E-state index in [2.05, 4.69) is 15.5 Å². The number of alkyl halides is 3. The van der Waals surface area contributed by atoms with Gasteiger partial charge in [0.1, 0.15) is 0 Å². The lowest BCUT2D eigenvalue weighted by Crippen LogP contribution is -2.46. The van der Waals surface area contributed by atoms with E-state index >= 15 is 0 Å². The molecule has 3 N–H and O–H groups in total. The van der Waals surface area contributed by atoms with Crippen LogP contribution in [0.15, 0.2) is 48.5 Å². The normalized spacial score (nSPS) is 14.5. The first-order valence-corrected chi connectivity index (χ1v) is 12.5. The van der Waals surface area contributed by atoms with Crippen molar-refractivity contribution in [1.82, 2.24) is 15.5 Å². The number of carboxylic acids is 1. The fraction of sp³-hybridized carbons (Fsp3) is 0.320. The molecule has 0 aromatic heterocycles. The zero-order valence-electron chi connectivity index (χ0n) is 19.9. The van der Waals surface area contributed by atoms with Crippen LogP contribution in [0.25, 0.3) is 6.08 Å².